The third kappa shape index (κ3) is 2.57. The van der Waals surface area contributed by atoms with Crippen LogP contribution in [0.2, 0.25) is 0 Å². The molecular weight excluding hydrogens is 382 g/mol. The molecule has 0 unspecified atom stereocenters. The highest BCUT2D eigenvalue weighted by Gasteiger charge is 2.27. The minimum absolute atomic E-state index is 0.0531. The van der Waals surface area contributed by atoms with Crippen molar-refractivity contribution in [3.63, 3.8) is 0 Å². The van der Waals surface area contributed by atoms with Crippen molar-refractivity contribution in [1.29, 1.82) is 0 Å². The number of carbonyl (C=O) groups is 1. The summed E-state index contributed by atoms with van der Waals surface area (Å²) in [4.78, 5) is 12.5. The van der Waals surface area contributed by atoms with Crippen molar-refractivity contribution in [2.75, 3.05) is 4.72 Å². The second-order valence-corrected chi connectivity index (χ2v) is 9.42. The van der Waals surface area contributed by atoms with Crippen molar-refractivity contribution < 1.29 is 17.6 Å². The molecule has 0 amide bonds. The van der Waals surface area contributed by atoms with Crippen LogP contribution in [0.15, 0.2) is 56.5 Å². The minimum Gasteiger partial charge on any atom is -0.460 e. The lowest BCUT2D eigenvalue weighted by Gasteiger charge is -2.11. The number of nitrogens with one attached hydrogen (secondary N) is 1. The summed E-state index contributed by atoms with van der Waals surface area (Å²) in [7, 11) is -3.69. The second kappa shape index (κ2) is 5.94. The number of sulfonamides is 1. The van der Waals surface area contributed by atoms with Crippen LogP contribution < -0.4 is 4.72 Å². The number of furan rings is 1. The van der Waals surface area contributed by atoms with E-state index in [0.29, 0.717) is 34.4 Å². The Balaban J connectivity index is 1.79. The number of Topliss-reactive ketones (excluding diaryl/α,β-unsaturated/α-hetero) is 1. The van der Waals surface area contributed by atoms with Crippen LogP contribution >= 0.6 is 11.3 Å². The third-order valence-electron chi connectivity index (χ3n) is 4.86. The van der Waals surface area contributed by atoms with Gasteiger partial charge in [-0.2, -0.15) is 0 Å². The first-order chi connectivity index (χ1) is 13.0. The van der Waals surface area contributed by atoms with Gasteiger partial charge in [0.2, 0.25) is 0 Å². The Morgan fingerprint density at radius 3 is 2.59 bits per heavy atom. The molecule has 0 fully saturated rings. The van der Waals surface area contributed by atoms with E-state index in [1.165, 1.54) is 0 Å². The van der Waals surface area contributed by atoms with Crippen molar-refractivity contribution in [1.82, 2.24) is 0 Å². The maximum absolute atomic E-state index is 12.7. The van der Waals surface area contributed by atoms with Crippen molar-refractivity contribution in [3.05, 3.63) is 59.2 Å². The van der Waals surface area contributed by atoms with Crippen LogP contribution in [0.3, 0.4) is 0 Å². The third-order valence-corrected chi connectivity index (χ3v) is 7.62. The Morgan fingerprint density at radius 2 is 1.81 bits per heavy atom. The smallest absolute Gasteiger partial charge is 0.271 e. The molecule has 2 aromatic heterocycles. The van der Waals surface area contributed by atoms with Crippen LogP contribution in [-0.4, -0.2) is 14.2 Å². The molecule has 0 saturated heterocycles. The summed E-state index contributed by atoms with van der Waals surface area (Å²) >= 11 is 1.16. The predicted molar refractivity (Wildman–Crippen MR) is 106 cm³/mol. The molecule has 0 radical (unpaired) electrons. The van der Waals surface area contributed by atoms with E-state index in [4.69, 9.17) is 4.42 Å². The average Bonchev–Trinajstić information content (AvgIpc) is 3.30. The fraction of sp³-hybridized carbons (Fsp3) is 0.150. The topological polar surface area (TPSA) is 76.4 Å². The normalized spacial score (nSPS) is 14.6. The van der Waals surface area contributed by atoms with Gasteiger partial charge in [0, 0.05) is 29.0 Å². The molecule has 0 aliphatic heterocycles. The first-order valence-electron chi connectivity index (χ1n) is 8.61. The molecule has 1 aliphatic rings. The van der Waals surface area contributed by atoms with E-state index in [0.717, 1.165) is 35.0 Å². The maximum Gasteiger partial charge on any atom is 0.271 e. The average molecular weight is 397 g/mol. The number of hydrogen-bond acceptors (Lipinski definition) is 5. The molecule has 0 bridgehead atoms. The van der Waals surface area contributed by atoms with E-state index < -0.39 is 10.0 Å². The van der Waals surface area contributed by atoms with E-state index in [9.17, 15) is 13.2 Å². The van der Waals surface area contributed by atoms with Gasteiger partial charge in [-0.05, 0) is 23.9 Å². The summed E-state index contributed by atoms with van der Waals surface area (Å²) in [6.45, 7) is 0. The zero-order chi connectivity index (χ0) is 18.6. The molecule has 2 aromatic carbocycles. The monoisotopic (exact) mass is 397 g/mol. The molecule has 7 heteroatoms. The number of fused-ring (bicyclic) bond motifs is 5. The summed E-state index contributed by atoms with van der Waals surface area (Å²) in [6, 6.07) is 12.5. The van der Waals surface area contributed by atoms with Gasteiger partial charge in [0.25, 0.3) is 10.0 Å². The van der Waals surface area contributed by atoms with Crippen molar-refractivity contribution in [2.24, 2.45) is 0 Å². The molecule has 0 spiro atoms. The number of benzene rings is 2. The van der Waals surface area contributed by atoms with Gasteiger partial charge in [-0.25, -0.2) is 8.42 Å². The molecule has 27 heavy (non-hydrogen) atoms. The van der Waals surface area contributed by atoms with E-state index in [1.54, 1.807) is 23.6 Å². The van der Waals surface area contributed by atoms with Gasteiger partial charge in [-0.15, -0.1) is 11.3 Å². The van der Waals surface area contributed by atoms with Gasteiger partial charge in [0.1, 0.15) is 15.6 Å². The number of ketones is 1. The van der Waals surface area contributed by atoms with Crippen LogP contribution in [0, 0.1) is 0 Å². The SMILES string of the molecule is O=C1CCCc2oc3c(cc(NS(=O)(=O)c4cccs4)c4ccccc43)c21. The van der Waals surface area contributed by atoms with Crippen LogP contribution in [0.5, 0.6) is 0 Å². The number of hydrogen-bond donors (Lipinski definition) is 1. The van der Waals surface area contributed by atoms with Gasteiger partial charge in [-0.1, -0.05) is 30.3 Å². The number of thiophene rings is 1. The summed E-state index contributed by atoms with van der Waals surface area (Å²) in [5.74, 6) is 0.752. The number of rotatable bonds is 3. The molecule has 136 valence electrons. The van der Waals surface area contributed by atoms with E-state index in [-0.39, 0.29) is 9.99 Å². The van der Waals surface area contributed by atoms with E-state index in [1.807, 2.05) is 24.3 Å². The van der Waals surface area contributed by atoms with Gasteiger partial charge in [0.15, 0.2) is 5.78 Å². The quantitative estimate of drug-likeness (QED) is 0.530. The molecule has 5 rings (SSSR count). The molecule has 0 atom stereocenters. The van der Waals surface area contributed by atoms with Crippen LogP contribution in [0.4, 0.5) is 5.69 Å². The molecule has 0 saturated carbocycles. The van der Waals surface area contributed by atoms with Crippen molar-refractivity contribution >= 4 is 54.6 Å². The van der Waals surface area contributed by atoms with Gasteiger partial charge < -0.3 is 4.42 Å². The van der Waals surface area contributed by atoms with Crippen LogP contribution in [0.1, 0.15) is 29.0 Å². The summed E-state index contributed by atoms with van der Waals surface area (Å²) in [6.07, 6.45) is 1.99. The molecule has 2 heterocycles. The fourth-order valence-electron chi connectivity index (χ4n) is 3.68. The first-order valence-corrected chi connectivity index (χ1v) is 11.0. The Bertz CT molecular complexity index is 1300. The van der Waals surface area contributed by atoms with E-state index >= 15 is 0 Å². The highest BCUT2D eigenvalue weighted by atomic mass is 32.2. The molecular formula is C20H15NO4S2. The Hall–Kier alpha value is -2.64. The molecule has 1 N–H and O–H groups in total. The largest absolute Gasteiger partial charge is 0.460 e. The minimum atomic E-state index is -3.69. The summed E-state index contributed by atoms with van der Waals surface area (Å²) in [5.41, 5.74) is 1.69. The van der Waals surface area contributed by atoms with Gasteiger partial charge >= 0.3 is 0 Å². The zero-order valence-electron chi connectivity index (χ0n) is 14.2. The van der Waals surface area contributed by atoms with Gasteiger partial charge in [0.05, 0.1) is 11.3 Å². The highest BCUT2D eigenvalue weighted by molar-refractivity contribution is 7.94. The lowest BCUT2D eigenvalue weighted by Crippen LogP contribution is -2.12. The van der Waals surface area contributed by atoms with Gasteiger partial charge in [-0.3, -0.25) is 9.52 Å². The number of carbonyl (C=O) groups excluding carboxylic acids is 1. The van der Waals surface area contributed by atoms with Crippen molar-refractivity contribution in [2.45, 2.75) is 23.5 Å². The standard InChI is InChI=1S/C20H15NO4S2/c22-16-7-3-8-17-19(16)14-11-15(21-27(23,24)18-9-4-10-26-18)12-5-1-2-6-13(12)20(14)25-17/h1-2,4-6,9-11,21H,3,7-8H2. The second-order valence-electron chi connectivity index (χ2n) is 6.56. The molecule has 5 nitrogen and oxygen atoms in total. The van der Waals surface area contributed by atoms with Crippen LogP contribution in [-0.2, 0) is 16.4 Å². The lowest BCUT2D eigenvalue weighted by atomic mass is 9.93. The number of anilines is 1. The zero-order valence-corrected chi connectivity index (χ0v) is 15.8. The fourth-order valence-corrected chi connectivity index (χ4v) is 5.74. The summed E-state index contributed by atoms with van der Waals surface area (Å²) < 4.78 is 34.5. The Kier molecular flexibility index (Phi) is 3.63. The Morgan fingerprint density at radius 1 is 1.00 bits per heavy atom. The summed E-state index contributed by atoms with van der Waals surface area (Å²) in [5, 5.41) is 3.93. The predicted octanol–water partition coefficient (Wildman–Crippen LogP) is 4.97. The van der Waals surface area contributed by atoms with E-state index in [2.05, 4.69) is 4.72 Å². The molecule has 1 aliphatic carbocycles. The van der Waals surface area contributed by atoms with Crippen LogP contribution in [0.25, 0.3) is 21.7 Å². The number of aryl methyl sites for hydroxylation is 1. The first kappa shape index (κ1) is 16.5. The molecule has 4 aromatic rings. The van der Waals surface area contributed by atoms with Crippen molar-refractivity contribution in [3.8, 4) is 0 Å². The maximum atomic E-state index is 12.7. The Labute approximate surface area is 159 Å². The highest BCUT2D eigenvalue weighted by Crippen LogP contribution is 2.40. The lowest BCUT2D eigenvalue weighted by molar-refractivity contribution is 0.0971.